The molecule has 0 radical (unpaired) electrons. The summed E-state index contributed by atoms with van der Waals surface area (Å²) in [5.41, 5.74) is 6.84. The Hall–Kier alpha value is -1.35. The first-order valence-corrected chi connectivity index (χ1v) is 7.82. The lowest BCUT2D eigenvalue weighted by Crippen LogP contribution is -2.39. The molecular formula is C18H29NO2. The highest BCUT2D eigenvalue weighted by Gasteiger charge is 2.26. The van der Waals surface area contributed by atoms with Crippen molar-refractivity contribution in [3.8, 4) is 0 Å². The van der Waals surface area contributed by atoms with Gasteiger partial charge in [-0.2, -0.15) is 0 Å². The highest BCUT2D eigenvalue weighted by molar-refractivity contribution is 5.89. The summed E-state index contributed by atoms with van der Waals surface area (Å²) in [7, 11) is 0. The minimum Gasteiger partial charge on any atom is -0.462 e. The minimum atomic E-state index is -0.254. The van der Waals surface area contributed by atoms with Gasteiger partial charge in [-0.15, -0.1) is 0 Å². The van der Waals surface area contributed by atoms with Crippen LogP contribution < -0.4 is 5.73 Å². The van der Waals surface area contributed by atoms with Crippen LogP contribution >= 0.6 is 0 Å². The Bertz CT molecular complexity index is 430. The first-order valence-electron chi connectivity index (χ1n) is 7.82. The molecule has 2 N–H and O–H groups in total. The van der Waals surface area contributed by atoms with Crippen molar-refractivity contribution >= 4 is 5.97 Å². The topological polar surface area (TPSA) is 52.3 Å². The molecule has 0 saturated heterocycles. The average molecular weight is 291 g/mol. The summed E-state index contributed by atoms with van der Waals surface area (Å²) in [5.74, 6) is 1.30. The van der Waals surface area contributed by atoms with Crippen LogP contribution in [-0.4, -0.2) is 18.6 Å². The quantitative estimate of drug-likeness (QED) is 0.779. The zero-order valence-corrected chi connectivity index (χ0v) is 13.9. The number of hydrogen-bond acceptors (Lipinski definition) is 3. The van der Waals surface area contributed by atoms with E-state index in [1.807, 2.05) is 18.2 Å². The first-order chi connectivity index (χ1) is 9.84. The molecule has 3 heteroatoms. The Balaban J connectivity index is 2.49. The second-order valence-corrected chi connectivity index (χ2v) is 6.48. The molecule has 0 bridgehead atoms. The molecule has 3 nitrogen and oxygen atoms in total. The van der Waals surface area contributed by atoms with Gasteiger partial charge >= 0.3 is 5.97 Å². The SMILES string of the molecule is CC(C)C(N)C(C)C(C)C(C)COC(=O)c1ccccc1. The maximum atomic E-state index is 11.9. The summed E-state index contributed by atoms with van der Waals surface area (Å²) < 4.78 is 5.42. The molecule has 0 aliphatic carbocycles. The van der Waals surface area contributed by atoms with E-state index in [9.17, 15) is 4.79 Å². The van der Waals surface area contributed by atoms with E-state index in [2.05, 4.69) is 34.6 Å². The number of benzene rings is 1. The van der Waals surface area contributed by atoms with Gasteiger partial charge < -0.3 is 10.5 Å². The van der Waals surface area contributed by atoms with Gasteiger partial charge in [0.1, 0.15) is 0 Å². The van der Waals surface area contributed by atoms with Crippen molar-refractivity contribution in [1.82, 2.24) is 0 Å². The molecule has 0 heterocycles. The Morgan fingerprint density at radius 3 is 2.14 bits per heavy atom. The van der Waals surface area contributed by atoms with Crippen LogP contribution in [0.15, 0.2) is 30.3 Å². The van der Waals surface area contributed by atoms with Crippen molar-refractivity contribution in [2.24, 2.45) is 29.4 Å². The van der Waals surface area contributed by atoms with Crippen LogP contribution in [0.2, 0.25) is 0 Å². The molecule has 1 aromatic carbocycles. The molecule has 0 fully saturated rings. The second-order valence-electron chi connectivity index (χ2n) is 6.48. The van der Waals surface area contributed by atoms with Crippen molar-refractivity contribution in [2.75, 3.05) is 6.61 Å². The van der Waals surface area contributed by atoms with Crippen molar-refractivity contribution in [2.45, 2.75) is 40.7 Å². The third-order valence-corrected chi connectivity index (χ3v) is 4.59. The Labute approximate surface area is 128 Å². The average Bonchev–Trinajstić information content (AvgIpc) is 2.50. The fraction of sp³-hybridized carbons (Fsp3) is 0.611. The van der Waals surface area contributed by atoms with E-state index in [0.717, 1.165) is 0 Å². The summed E-state index contributed by atoms with van der Waals surface area (Å²) in [4.78, 5) is 11.9. The zero-order chi connectivity index (χ0) is 16.0. The molecule has 4 unspecified atom stereocenters. The van der Waals surface area contributed by atoms with Crippen LogP contribution in [-0.2, 0) is 4.74 Å². The molecule has 0 spiro atoms. The van der Waals surface area contributed by atoms with Crippen molar-refractivity contribution < 1.29 is 9.53 Å². The molecular weight excluding hydrogens is 262 g/mol. The monoisotopic (exact) mass is 291 g/mol. The number of carbonyl (C=O) groups is 1. The molecule has 0 aliphatic rings. The van der Waals surface area contributed by atoms with Gasteiger partial charge in [0, 0.05) is 6.04 Å². The van der Waals surface area contributed by atoms with Crippen LogP contribution in [0.3, 0.4) is 0 Å². The molecule has 1 rings (SSSR count). The van der Waals surface area contributed by atoms with Gasteiger partial charge in [0.2, 0.25) is 0 Å². The first kappa shape index (κ1) is 17.7. The molecule has 0 aliphatic heterocycles. The van der Waals surface area contributed by atoms with E-state index in [1.54, 1.807) is 12.1 Å². The summed E-state index contributed by atoms with van der Waals surface area (Å²) >= 11 is 0. The van der Waals surface area contributed by atoms with Crippen LogP contribution in [0.1, 0.15) is 45.0 Å². The fourth-order valence-corrected chi connectivity index (χ4v) is 2.49. The van der Waals surface area contributed by atoms with Crippen LogP contribution in [0.4, 0.5) is 0 Å². The predicted molar refractivity (Wildman–Crippen MR) is 87.0 cm³/mol. The molecule has 0 saturated carbocycles. The van der Waals surface area contributed by atoms with E-state index in [1.165, 1.54) is 0 Å². The maximum absolute atomic E-state index is 11.9. The van der Waals surface area contributed by atoms with Gasteiger partial charge in [-0.05, 0) is 35.8 Å². The maximum Gasteiger partial charge on any atom is 0.338 e. The third kappa shape index (κ3) is 5.16. The van der Waals surface area contributed by atoms with Crippen molar-refractivity contribution in [1.29, 1.82) is 0 Å². The molecule has 0 aromatic heterocycles. The van der Waals surface area contributed by atoms with E-state index >= 15 is 0 Å². The number of rotatable bonds is 7. The number of esters is 1. The van der Waals surface area contributed by atoms with E-state index in [-0.39, 0.29) is 17.9 Å². The molecule has 4 atom stereocenters. The van der Waals surface area contributed by atoms with Gasteiger partial charge in [-0.25, -0.2) is 4.79 Å². The van der Waals surface area contributed by atoms with E-state index in [0.29, 0.717) is 29.9 Å². The van der Waals surface area contributed by atoms with Crippen LogP contribution in [0, 0.1) is 23.7 Å². The van der Waals surface area contributed by atoms with Gasteiger partial charge in [-0.1, -0.05) is 52.8 Å². The van der Waals surface area contributed by atoms with Crippen LogP contribution in [0.5, 0.6) is 0 Å². The number of nitrogens with two attached hydrogens (primary N) is 1. The fourth-order valence-electron chi connectivity index (χ4n) is 2.49. The summed E-state index contributed by atoms with van der Waals surface area (Å²) in [5, 5.41) is 0. The predicted octanol–water partition coefficient (Wildman–Crippen LogP) is 3.74. The third-order valence-electron chi connectivity index (χ3n) is 4.59. The zero-order valence-electron chi connectivity index (χ0n) is 13.9. The van der Waals surface area contributed by atoms with Gasteiger partial charge in [0.05, 0.1) is 12.2 Å². The van der Waals surface area contributed by atoms with Gasteiger partial charge in [-0.3, -0.25) is 0 Å². The highest BCUT2D eigenvalue weighted by Crippen LogP contribution is 2.26. The molecule has 21 heavy (non-hydrogen) atoms. The standard InChI is InChI=1S/C18H29NO2/c1-12(2)17(19)15(5)14(4)13(3)11-21-18(20)16-9-7-6-8-10-16/h6-10,12-15,17H,11,19H2,1-5H3. The highest BCUT2D eigenvalue weighted by atomic mass is 16.5. The lowest BCUT2D eigenvalue weighted by molar-refractivity contribution is 0.0375. The molecule has 1 aromatic rings. The van der Waals surface area contributed by atoms with Crippen molar-refractivity contribution in [3.63, 3.8) is 0 Å². The van der Waals surface area contributed by atoms with Gasteiger partial charge in [0.25, 0.3) is 0 Å². The van der Waals surface area contributed by atoms with Crippen LogP contribution in [0.25, 0.3) is 0 Å². The van der Waals surface area contributed by atoms with Gasteiger partial charge in [0.15, 0.2) is 0 Å². The van der Waals surface area contributed by atoms with E-state index < -0.39 is 0 Å². The smallest absolute Gasteiger partial charge is 0.338 e. The lowest BCUT2D eigenvalue weighted by atomic mass is 9.78. The summed E-state index contributed by atoms with van der Waals surface area (Å²) in [6.45, 7) is 11.2. The number of ether oxygens (including phenoxy) is 1. The molecule has 118 valence electrons. The minimum absolute atomic E-state index is 0.173. The van der Waals surface area contributed by atoms with E-state index in [4.69, 9.17) is 10.5 Å². The van der Waals surface area contributed by atoms with Crippen molar-refractivity contribution in [3.05, 3.63) is 35.9 Å². The Morgan fingerprint density at radius 1 is 1.05 bits per heavy atom. The Morgan fingerprint density at radius 2 is 1.62 bits per heavy atom. The summed E-state index contributed by atoms with van der Waals surface area (Å²) in [6.07, 6.45) is 0. The number of hydrogen-bond donors (Lipinski definition) is 1. The molecule has 0 amide bonds. The summed E-state index contributed by atoms with van der Waals surface area (Å²) in [6, 6.07) is 9.28. The normalized spacial score (nSPS) is 17.1. The number of carbonyl (C=O) groups excluding carboxylic acids is 1. The second kappa shape index (κ2) is 8.18. The largest absolute Gasteiger partial charge is 0.462 e. The Kier molecular flexibility index (Phi) is 6.90. The lowest BCUT2D eigenvalue weighted by Gasteiger charge is -2.32.